The van der Waals surface area contributed by atoms with Crippen LogP contribution >= 0.6 is 0 Å². The number of benzene rings is 1. The van der Waals surface area contributed by atoms with Crippen LogP contribution in [0.3, 0.4) is 0 Å². The molecule has 1 heterocycles. The zero-order chi connectivity index (χ0) is 12.3. The Morgan fingerprint density at radius 1 is 1.18 bits per heavy atom. The summed E-state index contributed by atoms with van der Waals surface area (Å²) in [6.45, 7) is 1.86. The third-order valence-electron chi connectivity index (χ3n) is 2.21. The van der Waals surface area contributed by atoms with Crippen LogP contribution in [0.1, 0.15) is 5.69 Å². The predicted octanol–water partition coefficient (Wildman–Crippen LogP) is 2.71. The van der Waals surface area contributed by atoms with Gasteiger partial charge in [-0.3, -0.25) is 0 Å². The SMILES string of the molecule is CNc1nc(C)cc(Nc2ccccc2F)n1. The second kappa shape index (κ2) is 4.78. The van der Waals surface area contributed by atoms with Gasteiger partial charge in [-0.05, 0) is 19.1 Å². The molecule has 0 unspecified atom stereocenters. The number of anilines is 3. The summed E-state index contributed by atoms with van der Waals surface area (Å²) in [5.74, 6) is 0.755. The van der Waals surface area contributed by atoms with E-state index in [2.05, 4.69) is 20.6 Å². The van der Waals surface area contributed by atoms with Crippen molar-refractivity contribution in [2.24, 2.45) is 0 Å². The molecule has 0 bridgehead atoms. The van der Waals surface area contributed by atoms with Gasteiger partial charge in [0, 0.05) is 18.8 Å². The van der Waals surface area contributed by atoms with E-state index in [0.717, 1.165) is 5.69 Å². The molecule has 0 aliphatic carbocycles. The van der Waals surface area contributed by atoms with Gasteiger partial charge in [0.25, 0.3) is 0 Å². The largest absolute Gasteiger partial charge is 0.357 e. The highest BCUT2D eigenvalue weighted by Gasteiger charge is 2.04. The van der Waals surface area contributed by atoms with E-state index in [9.17, 15) is 4.39 Å². The number of halogens is 1. The number of hydrogen-bond acceptors (Lipinski definition) is 4. The summed E-state index contributed by atoms with van der Waals surface area (Å²) in [4.78, 5) is 8.35. The number of para-hydroxylation sites is 1. The Morgan fingerprint density at radius 3 is 2.65 bits per heavy atom. The van der Waals surface area contributed by atoms with Crippen molar-refractivity contribution < 1.29 is 4.39 Å². The van der Waals surface area contributed by atoms with Crippen LogP contribution in [-0.2, 0) is 0 Å². The third-order valence-corrected chi connectivity index (χ3v) is 2.21. The Bertz CT molecular complexity index is 528. The van der Waals surface area contributed by atoms with Crippen LogP contribution in [0.4, 0.5) is 21.8 Å². The van der Waals surface area contributed by atoms with Crippen molar-refractivity contribution in [3.05, 3.63) is 41.8 Å². The summed E-state index contributed by atoms with van der Waals surface area (Å²) in [5.41, 5.74) is 1.20. The maximum absolute atomic E-state index is 13.4. The van der Waals surface area contributed by atoms with Gasteiger partial charge in [-0.25, -0.2) is 9.37 Å². The van der Waals surface area contributed by atoms with Crippen molar-refractivity contribution in [3.8, 4) is 0 Å². The monoisotopic (exact) mass is 232 g/mol. The lowest BCUT2D eigenvalue weighted by atomic mass is 10.3. The second-order valence-electron chi connectivity index (χ2n) is 3.57. The molecule has 2 N–H and O–H groups in total. The van der Waals surface area contributed by atoms with Gasteiger partial charge in [0.2, 0.25) is 5.95 Å². The molecule has 0 spiro atoms. The van der Waals surface area contributed by atoms with Crippen LogP contribution in [0.2, 0.25) is 0 Å². The maximum atomic E-state index is 13.4. The Balaban J connectivity index is 2.30. The predicted molar refractivity (Wildman–Crippen MR) is 66.0 cm³/mol. The van der Waals surface area contributed by atoms with E-state index in [1.807, 2.05) is 6.92 Å². The maximum Gasteiger partial charge on any atom is 0.224 e. The first-order valence-corrected chi connectivity index (χ1v) is 5.24. The second-order valence-corrected chi connectivity index (χ2v) is 3.57. The number of nitrogens with one attached hydrogen (secondary N) is 2. The smallest absolute Gasteiger partial charge is 0.224 e. The number of rotatable bonds is 3. The van der Waals surface area contributed by atoms with Gasteiger partial charge in [-0.15, -0.1) is 0 Å². The molecule has 2 aromatic rings. The van der Waals surface area contributed by atoms with E-state index in [1.165, 1.54) is 6.07 Å². The normalized spacial score (nSPS) is 10.1. The number of aryl methyl sites for hydroxylation is 1. The average Bonchev–Trinajstić information content (AvgIpc) is 2.31. The molecule has 0 amide bonds. The van der Waals surface area contributed by atoms with Gasteiger partial charge in [0.1, 0.15) is 11.6 Å². The van der Waals surface area contributed by atoms with E-state index in [-0.39, 0.29) is 5.82 Å². The molecule has 5 heteroatoms. The van der Waals surface area contributed by atoms with Crippen LogP contribution in [0.15, 0.2) is 30.3 Å². The fraction of sp³-hybridized carbons (Fsp3) is 0.167. The molecule has 17 heavy (non-hydrogen) atoms. The molecule has 0 saturated carbocycles. The molecule has 0 saturated heterocycles. The van der Waals surface area contributed by atoms with Crippen LogP contribution in [0.5, 0.6) is 0 Å². The summed E-state index contributed by atoms with van der Waals surface area (Å²) >= 11 is 0. The fourth-order valence-electron chi connectivity index (χ4n) is 1.44. The van der Waals surface area contributed by atoms with Crippen molar-refractivity contribution in [2.45, 2.75) is 6.92 Å². The zero-order valence-corrected chi connectivity index (χ0v) is 9.66. The number of hydrogen-bond donors (Lipinski definition) is 2. The van der Waals surface area contributed by atoms with Gasteiger partial charge in [0.15, 0.2) is 0 Å². The van der Waals surface area contributed by atoms with Crippen molar-refractivity contribution in [2.75, 3.05) is 17.7 Å². The molecule has 2 rings (SSSR count). The first-order chi connectivity index (χ1) is 8.19. The van der Waals surface area contributed by atoms with Gasteiger partial charge < -0.3 is 10.6 Å². The summed E-state index contributed by atoms with van der Waals surface area (Å²) in [6.07, 6.45) is 0. The average molecular weight is 232 g/mol. The molecule has 0 aliphatic rings. The van der Waals surface area contributed by atoms with E-state index in [0.29, 0.717) is 17.5 Å². The first kappa shape index (κ1) is 11.3. The Morgan fingerprint density at radius 2 is 1.94 bits per heavy atom. The van der Waals surface area contributed by atoms with E-state index >= 15 is 0 Å². The number of nitrogens with zero attached hydrogens (tertiary/aromatic N) is 2. The van der Waals surface area contributed by atoms with Crippen molar-refractivity contribution in [3.63, 3.8) is 0 Å². The lowest BCUT2D eigenvalue weighted by molar-refractivity contribution is 0.632. The molecule has 4 nitrogen and oxygen atoms in total. The zero-order valence-electron chi connectivity index (χ0n) is 9.66. The molecular weight excluding hydrogens is 219 g/mol. The molecule has 0 atom stereocenters. The van der Waals surface area contributed by atoms with Crippen LogP contribution in [0.25, 0.3) is 0 Å². The van der Waals surface area contributed by atoms with Crippen molar-refractivity contribution in [1.82, 2.24) is 9.97 Å². The van der Waals surface area contributed by atoms with Crippen molar-refractivity contribution >= 4 is 17.5 Å². The summed E-state index contributed by atoms with van der Waals surface area (Å²) < 4.78 is 13.4. The van der Waals surface area contributed by atoms with Gasteiger partial charge >= 0.3 is 0 Å². The summed E-state index contributed by atoms with van der Waals surface area (Å²) in [5, 5.41) is 5.77. The molecule has 1 aromatic carbocycles. The molecule has 0 radical (unpaired) electrons. The van der Waals surface area contributed by atoms with Crippen LogP contribution in [0, 0.1) is 12.7 Å². The quantitative estimate of drug-likeness (QED) is 0.854. The lowest BCUT2D eigenvalue weighted by Crippen LogP contribution is -2.02. The summed E-state index contributed by atoms with van der Waals surface area (Å²) in [6, 6.07) is 8.22. The Hall–Kier alpha value is -2.17. The lowest BCUT2D eigenvalue weighted by Gasteiger charge is -2.08. The Labute approximate surface area is 98.9 Å². The molecule has 0 aliphatic heterocycles. The fourth-order valence-corrected chi connectivity index (χ4v) is 1.44. The van der Waals surface area contributed by atoms with Crippen molar-refractivity contribution in [1.29, 1.82) is 0 Å². The standard InChI is InChI=1S/C12H13FN4/c1-8-7-11(17-12(14-2)15-8)16-10-6-4-3-5-9(10)13/h3-7H,1-2H3,(H2,14,15,16,17). The highest BCUT2D eigenvalue weighted by Crippen LogP contribution is 2.19. The van der Waals surface area contributed by atoms with E-state index < -0.39 is 0 Å². The minimum absolute atomic E-state index is 0.310. The minimum atomic E-state index is -0.310. The third kappa shape index (κ3) is 2.69. The highest BCUT2D eigenvalue weighted by atomic mass is 19.1. The highest BCUT2D eigenvalue weighted by molar-refractivity contribution is 5.58. The van der Waals surface area contributed by atoms with Crippen LogP contribution in [-0.4, -0.2) is 17.0 Å². The van der Waals surface area contributed by atoms with Crippen LogP contribution < -0.4 is 10.6 Å². The summed E-state index contributed by atoms with van der Waals surface area (Å²) in [7, 11) is 1.74. The first-order valence-electron chi connectivity index (χ1n) is 5.24. The molecular formula is C12H13FN4. The topological polar surface area (TPSA) is 49.8 Å². The molecule has 88 valence electrons. The van der Waals surface area contributed by atoms with Gasteiger partial charge in [-0.1, -0.05) is 12.1 Å². The number of aromatic nitrogens is 2. The van der Waals surface area contributed by atoms with Gasteiger partial charge in [0.05, 0.1) is 5.69 Å². The molecule has 0 fully saturated rings. The van der Waals surface area contributed by atoms with Gasteiger partial charge in [-0.2, -0.15) is 4.98 Å². The Kier molecular flexibility index (Phi) is 3.18. The molecule has 1 aromatic heterocycles. The minimum Gasteiger partial charge on any atom is -0.357 e. The van der Waals surface area contributed by atoms with E-state index in [1.54, 1.807) is 31.3 Å². The van der Waals surface area contributed by atoms with E-state index in [4.69, 9.17) is 0 Å².